The van der Waals surface area contributed by atoms with E-state index in [9.17, 15) is 0 Å². The molecule has 8 heteroatoms. The lowest BCUT2D eigenvalue weighted by Crippen LogP contribution is -2.44. The van der Waals surface area contributed by atoms with Gasteiger partial charge in [0.25, 0.3) is 0 Å². The first kappa shape index (κ1) is 23.6. The summed E-state index contributed by atoms with van der Waals surface area (Å²) in [6.07, 6.45) is 2.58. The molecule has 0 amide bonds. The molecule has 3 heterocycles. The smallest absolute Gasteiger partial charge is 0.191 e. The largest absolute Gasteiger partial charge is 0.354 e. The Bertz CT molecular complexity index is 716. The van der Waals surface area contributed by atoms with E-state index >= 15 is 0 Å². The Labute approximate surface area is 194 Å². The number of thiophene rings is 1. The summed E-state index contributed by atoms with van der Waals surface area (Å²) in [6.45, 7) is 10.5. The third-order valence-corrected chi connectivity index (χ3v) is 7.34. The number of likely N-dealkylation sites (tertiary alicyclic amines) is 1. The Morgan fingerprint density at radius 3 is 2.64 bits per heavy atom. The highest BCUT2D eigenvalue weighted by molar-refractivity contribution is 14.0. The SMILES string of the molecule is CN=C(NCc1nc(C)c(C)s1)NCC(c1cccs1)N1CCC(C)CC1.I. The van der Waals surface area contributed by atoms with Gasteiger partial charge in [-0.3, -0.25) is 9.89 Å². The third kappa shape index (κ3) is 6.40. The highest BCUT2D eigenvalue weighted by atomic mass is 127. The van der Waals surface area contributed by atoms with E-state index in [0.29, 0.717) is 12.6 Å². The average molecular weight is 534 g/mol. The molecule has 0 saturated carbocycles. The van der Waals surface area contributed by atoms with Gasteiger partial charge in [0.2, 0.25) is 0 Å². The van der Waals surface area contributed by atoms with Crippen LogP contribution in [-0.4, -0.2) is 42.5 Å². The van der Waals surface area contributed by atoms with E-state index in [1.807, 2.05) is 18.4 Å². The van der Waals surface area contributed by atoms with Gasteiger partial charge in [-0.25, -0.2) is 4.98 Å². The van der Waals surface area contributed by atoms with Gasteiger partial charge >= 0.3 is 0 Å². The van der Waals surface area contributed by atoms with Crippen molar-refractivity contribution in [3.05, 3.63) is 38.0 Å². The van der Waals surface area contributed by atoms with Crippen molar-refractivity contribution in [2.45, 2.75) is 46.2 Å². The van der Waals surface area contributed by atoms with Crippen LogP contribution in [0.2, 0.25) is 0 Å². The van der Waals surface area contributed by atoms with E-state index < -0.39 is 0 Å². The summed E-state index contributed by atoms with van der Waals surface area (Å²) in [5.74, 6) is 1.69. The van der Waals surface area contributed by atoms with Gasteiger partial charge in [-0.15, -0.1) is 46.7 Å². The molecule has 1 aliphatic rings. The molecule has 0 spiro atoms. The van der Waals surface area contributed by atoms with Gasteiger partial charge in [0.05, 0.1) is 18.3 Å². The van der Waals surface area contributed by atoms with Crippen molar-refractivity contribution in [2.24, 2.45) is 10.9 Å². The number of hydrogen-bond acceptors (Lipinski definition) is 5. The van der Waals surface area contributed by atoms with E-state index in [-0.39, 0.29) is 24.0 Å². The molecule has 1 fully saturated rings. The molecule has 156 valence electrons. The molecule has 2 N–H and O–H groups in total. The molecule has 28 heavy (non-hydrogen) atoms. The average Bonchev–Trinajstić information content (AvgIpc) is 3.30. The number of halogens is 1. The number of nitrogens with one attached hydrogen (secondary N) is 2. The Hall–Kier alpha value is -0.710. The minimum atomic E-state index is 0. The Kier molecular flexibility index (Phi) is 9.65. The number of rotatable bonds is 6. The molecule has 3 rings (SSSR count). The van der Waals surface area contributed by atoms with Crippen molar-refractivity contribution < 1.29 is 0 Å². The maximum atomic E-state index is 4.60. The fourth-order valence-electron chi connectivity index (χ4n) is 3.42. The summed E-state index contributed by atoms with van der Waals surface area (Å²) < 4.78 is 0. The van der Waals surface area contributed by atoms with E-state index in [0.717, 1.165) is 29.1 Å². The van der Waals surface area contributed by atoms with Crippen molar-refractivity contribution in [1.82, 2.24) is 20.5 Å². The zero-order valence-electron chi connectivity index (χ0n) is 17.2. The van der Waals surface area contributed by atoms with Crippen molar-refractivity contribution >= 4 is 52.6 Å². The second-order valence-electron chi connectivity index (χ2n) is 7.31. The highest BCUT2D eigenvalue weighted by Gasteiger charge is 2.25. The number of piperidine rings is 1. The van der Waals surface area contributed by atoms with Crippen LogP contribution in [0.3, 0.4) is 0 Å². The van der Waals surface area contributed by atoms with Crippen LogP contribution >= 0.6 is 46.7 Å². The fourth-order valence-corrected chi connectivity index (χ4v) is 5.15. The minimum Gasteiger partial charge on any atom is -0.354 e. The molecule has 5 nitrogen and oxygen atoms in total. The van der Waals surface area contributed by atoms with Gasteiger partial charge in [0.1, 0.15) is 5.01 Å². The lowest BCUT2D eigenvalue weighted by molar-refractivity contribution is 0.140. The Morgan fingerprint density at radius 1 is 1.32 bits per heavy atom. The standard InChI is InChI=1S/C20H31N5S2.HI/c1-14-7-9-25(10-8-14)17(18-6-5-11-26-18)12-22-20(21-4)23-13-19-24-15(2)16(3)27-19;/h5-6,11,14,17H,7-10,12-13H2,1-4H3,(H2,21,22,23);1H. The zero-order valence-corrected chi connectivity index (χ0v) is 21.2. The van der Waals surface area contributed by atoms with Gasteiger partial charge in [0.15, 0.2) is 5.96 Å². The topological polar surface area (TPSA) is 52.6 Å². The number of aromatic nitrogens is 1. The Morgan fingerprint density at radius 2 is 2.07 bits per heavy atom. The molecule has 1 saturated heterocycles. The van der Waals surface area contributed by atoms with Crippen LogP contribution in [0.4, 0.5) is 0 Å². The summed E-state index contributed by atoms with van der Waals surface area (Å²) >= 11 is 3.60. The van der Waals surface area contributed by atoms with Crippen molar-refractivity contribution in [1.29, 1.82) is 0 Å². The number of nitrogens with zero attached hydrogens (tertiary/aromatic N) is 3. The van der Waals surface area contributed by atoms with Crippen LogP contribution in [0.15, 0.2) is 22.5 Å². The first-order valence-electron chi connectivity index (χ1n) is 9.71. The summed E-state index contributed by atoms with van der Waals surface area (Å²) in [5, 5.41) is 10.2. The molecular weight excluding hydrogens is 501 g/mol. The summed E-state index contributed by atoms with van der Waals surface area (Å²) in [7, 11) is 1.83. The zero-order chi connectivity index (χ0) is 19.2. The number of aliphatic imine (C=N–C) groups is 1. The lowest BCUT2D eigenvalue weighted by Gasteiger charge is -2.36. The predicted molar refractivity (Wildman–Crippen MR) is 132 cm³/mol. The van der Waals surface area contributed by atoms with Crippen molar-refractivity contribution in [3.8, 4) is 0 Å². The third-order valence-electron chi connectivity index (χ3n) is 5.30. The number of thiazole rings is 1. The molecule has 2 aromatic rings. The molecular formula is C20H32IN5S2. The fraction of sp³-hybridized carbons (Fsp3) is 0.600. The molecule has 0 radical (unpaired) electrons. The summed E-state index contributed by atoms with van der Waals surface area (Å²) in [6, 6.07) is 4.81. The van der Waals surface area contributed by atoms with Crippen LogP contribution in [0.1, 0.15) is 46.3 Å². The molecule has 0 aliphatic carbocycles. The quantitative estimate of drug-likeness (QED) is 0.325. The van der Waals surface area contributed by atoms with E-state index in [4.69, 9.17) is 0 Å². The maximum absolute atomic E-state index is 4.60. The first-order chi connectivity index (χ1) is 13.1. The van der Waals surface area contributed by atoms with Crippen molar-refractivity contribution in [2.75, 3.05) is 26.7 Å². The van der Waals surface area contributed by atoms with Gasteiger partial charge in [0, 0.05) is 23.3 Å². The van der Waals surface area contributed by atoms with Gasteiger partial charge in [-0.05, 0) is 57.1 Å². The van der Waals surface area contributed by atoms with Crippen LogP contribution in [0.5, 0.6) is 0 Å². The van der Waals surface area contributed by atoms with E-state index in [2.05, 4.69) is 63.8 Å². The molecule has 0 aromatic carbocycles. The normalized spacial score (nSPS) is 17.2. The van der Waals surface area contributed by atoms with Crippen LogP contribution in [0, 0.1) is 19.8 Å². The molecule has 0 bridgehead atoms. The van der Waals surface area contributed by atoms with Gasteiger partial charge in [-0.2, -0.15) is 0 Å². The number of aryl methyl sites for hydroxylation is 2. The molecule has 1 aliphatic heterocycles. The van der Waals surface area contributed by atoms with Crippen molar-refractivity contribution in [3.63, 3.8) is 0 Å². The monoisotopic (exact) mass is 533 g/mol. The first-order valence-corrected chi connectivity index (χ1v) is 11.4. The lowest BCUT2D eigenvalue weighted by atomic mass is 9.97. The number of hydrogen-bond donors (Lipinski definition) is 2. The second kappa shape index (κ2) is 11.5. The molecule has 1 atom stereocenters. The van der Waals surface area contributed by atoms with Crippen LogP contribution < -0.4 is 10.6 Å². The van der Waals surface area contributed by atoms with Crippen LogP contribution in [0.25, 0.3) is 0 Å². The number of guanidine groups is 1. The summed E-state index contributed by atoms with van der Waals surface area (Å²) in [5.41, 5.74) is 1.12. The Balaban J connectivity index is 0.00000280. The second-order valence-corrected chi connectivity index (χ2v) is 9.57. The van der Waals surface area contributed by atoms with E-state index in [1.165, 1.54) is 35.7 Å². The predicted octanol–water partition coefficient (Wildman–Crippen LogP) is 4.58. The van der Waals surface area contributed by atoms with E-state index in [1.54, 1.807) is 11.3 Å². The minimum absolute atomic E-state index is 0. The molecule has 1 unspecified atom stereocenters. The summed E-state index contributed by atoms with van der Waals surface area (Å²) in [4.78, 5) is 14.3. The highest BCUT2D eigenvalue weighted by Crippen LogP contribution is 2.29. The maximum Gasteiger partial charge on any atom is 0.191 e. The van der Waals surface area contributed by atoms with Gasteiger partial charge in [-0.1, -0.05) is 13.0 Å². The molecule has 2 aromatic heterocycles. The van der Waals surface area contributed by atoms with Gasteiger partial charge < -0.3 is 10.6 Å². The van der Waals surface area contributed by atoms with Crippen LogP contribution in [-0.2, 0) is 6.54 Å².